The number of thioether (sulfide) groups is 1. The van der Waals surface area contributed by atoms with Gasteiger partial charge in [-0.2, -0.15) is 11.8 Å². The number of rotatable bonds is 4. The molecule has 0 spiro atoms. The van der Waals surface area contributed by atoms with Crippen LogP contribution in [0.25, 0.3) is 0 Å². The Hall–Kier alpha value is -0.980. The predicted octanol–water partition coefficient (Wildman–Crippen LogP) is 2.71. The maximum Gasteiger partial charge on any atom is 0.315 e. The van der Waals surface area contributed by atoms with Crippen molar-refractivity contribution >= 4 is 29.4 Å². The molecule has 3 N–H and O–H groups in total. The maximum atomic E-state index is 13.3. The second-order valence-corrected chi connectivity index (χ2v) is 6.51. The fourth-order valence-corrected chi connectivity index (χ4v) is 3.31. The Morgan fingerprint density at radius 2 is 2.38 bits per heavy atom. The molecule has 1 saturated heterocycles. The number of aliphatic hydroxyl groups is 1. The van der Waals surface area contributed by atoms with Crippen LogP contribution < -0.4 is 10.6 Å². The molecular formula is C14H18ClFN2O2S. The van der Waals surface area contributed by atoms with Crippen molar-refractivity contribution in [3.05, 3.63) is 34.6 Å². The first-order valence-corrected chi connectivity index (χ1v) is 8.34. The van der Waals surface area contributed by atoms with Crippen molar-refractivity contribution in [2.45, 2.75) is 25.0 Å². The Bertz CT molecular complexity index is 498. The third kappa shape index (κ3) is 5.05. The first kappa shape index (κ1) is 16.4. The van der Waals surface area contributed by atoms with E-state index in [0.717, 1.165) is 24.3 Å². The molecule has 4 nitrogen and oxygen atoms in total. The van der Waals surface area contributed by atoms with Crippen LogP contribution in [-0.4, -0.2) is 35.2 Å². The largest absolute Gasteiger partial charge is 0.387 e. The first-order chi connectivity index (χ1) is 10.1. The number of halogens is 2. The zero-order valence-electron chi connectivity index (χ0n) is 11.4. The van der Waals surface area contributed by atoms with Crippen LogP contribution in [0, 0.1) is 5.82 Å². The number of amides is 2. The van der Waals surface area contributed by atoms with Crippen LogP contribution in [-0.2, 0) is 0 Å². The van der Waals surface area contributed by atoms with Gasteiger partial charge in [0.15, 0.2) is 0 Å². The van der Waals surface area contributed by atoms with E-state index in [-0.39, 0.29) is 23.6 Å². The van der Waals surface area contributed by atoms with Crippen LogP contribution in [0.5, 0.6) is 0 Å². The predicted molar refractivity (Wildman–Crippen MR) is 83.3 cm³/mol. The topological polar surface area (TPSA) is 61.4 Å². The summed E-state index contributed by atoms with van der Waals surface area (Å²) >= 11 is 7.41. The van der Waals surface area contributed by atoms with Gasteiger partial charge in [-0.25, -0.2) is 9.18 Å². The summed E-state index contributed by atoms with van der Waals surface area (Å²) in [5.74, 6) is 1.47. The normalized spacial score (nSPS) is 19.9. The molecule has 2 atom stereocenters. The lowest BCUT2D eigenvalue weighted by Crippen LogP contribution is -2.45. The molecule has 2 rings (SSSR count). The average Bonchev–Trinajstić information content (AvgIpc) is 2.48. The molecule has 1 aromatic rings. The van der Waals surface area contributed by atoms with Crippen molar-refractivity contribution < 1.29 is 14.3 Å². The highest BCUT2D eigenvalue weighted by Crippen LogP contribution is 2.20. The highest BCUT2D eigenvalue weighted by Gasteiger charge is 2.17. The van der Waals surface area contributed by atoms with Gasteiger partial charge < -0.3 is 15.7 Å². The Kier molecular flexibility index (Phi) is 6.14. The fourth-order valence-electron chi connectivity index (χ4n) is 2.12. The number of hydrogen-bond donors (Lipinski definition) is 3. The van der Waals surface area contributed by atoms with Gasteiger partial charge in [-0.1, -0.05) is 17.7 Å². The SMILES string of the molecule is O=C(NC[C@H](O)c1ccc(Cl)c(F)c1)N[C@H]1CCCSC1. The number of benzene rings is 1. The Balaban J connectivity index is 1.78. The molecular weight excluding hydrogens is 315 g/mol. The fraction of sp³-hybridized carbons (Fsp3) is 0.500. The van der Waals surface area contributed by atoms with E-state index in [9.17, 15) is 14.3 Å². The van der Waals surface area contributed by atoms with Crippen LogP contribution in [0.1, 0.15) is 24.5 Å². The van der Waals surface area contributed by atoms with Crippen LogP contribution in [0.2, 0.25) is 5.02 Å². The van der Waals surface area contributed by atoms with Crippen LogP contribution in [0.4, 0.5) is 9.18 Å². The van der Waals surface area contributed by atoms with E-state index in [0.29, 0.717) is 5.56 Å². The van der Waals surface area contributed by atoms with Gasteiger partial charge in [0.05, 0.1) is 11.1 Å². The van der Waals surface area contributed by atoms with Gasteiger partial charge in [0.1, 0.15) is 5.82 Å². The Labute approximate surface area is 132 Å². The molecule has 1 aliphatic heterocycles. The van der Waals surface area contributed by atoms with Crippen molar-refractivity contribution in [1.82, 2.24) is 10.6 Å². The number of aliphatic hydroxyl groups excluding tert-OH is 1. The minimum atomic E-state index is -0.969. The zero-order chi connectivity index (χ0) is 15.2. The lowest BCUT2D eigenvalue weighted by atomic mass is 10.1. The molecule has 0 aliphatic carbocycles. The highest BCUT2D eigenvalue weighted by molar-refractivity contribution is 7.99. The molecule has 7 heteroatoms. The monoisotopic (exact) mass is 332 g/mol. The summed E-state index contributed by atoms with van der Waals surface area (Å²) in [4.78, 5) is 11.7. The van der Waals surface area contributed by atoms with Crippen molar-refractivity contribution in [2.75, 3.05) is 18.1 Å². The lowest BCUT2D eigenvalue weighted by molar-refractivity contribution is 0.172. The summed E-state index contributed by atoms with van der Waals surface area (Å²) < 4.78 is 13.3. The van der Waals surface area contributed by atoms with Crippen molar-refractivity contribution in [2.24, 2.45) is 0 Å². The molecule has 1 aromatic carbocycles. The van der Waals surface area contributed by atoms with Gasteiger partial charge in [-0.3, -0.25) is 0 Å². The number of carbonyl (C=O) groups is 1. The van der Waals surface area contributed by atoms with Gasteiger partial charge >= 0.3 is 6.03 Å². The maximum absolute atomic E-state index is 13.3. The van der Waals surface area contributed by atoms with Crippen LogP contribution >= 0.6 is 23.4 Å². The molecule has 0 saturated carbocycles. The molecule has 1 fully saturated rings. The molecule has 2 amide bonds. The number of nitrogens with one attached hydrogen (secondary N) is 2. The lowest BCUT2D eigenvalue weighted by Gasteiger charge is -2.23. The van der Waals surface area contributed by atoms with Crippen LogP contribution in [0.3, 0.4) is 0 Å². The highest BCUT2D eigenvalue weighted by atomic mass is 35.5. The van der Waals surface area contributed by atoms with Gasteiger partial charge in [0.2, 0.25) is 0 Å². The molecule has 1 aliphatic rings. The third-order valence-corrected chi connectivity index (χ3v) is 4.80. The van der Waals surface area contributed by atoms with E-state index in [1.807, 2.05) is 11.8 Å². The van der Waals surface area contributed by atoms with E-state index < -0.39 is 11.9 Å². The standard InChI is InChI=1S/C14H18ClFN2O2S/c15-11-4-3-9(6-12(11)16)13(19)7-17-14(20)18-10-2-1-5-21-8-10/h3-4,6,10,13,19H,1-2,5,7-8H2,(H2,17,18,20)/t10-,13-/m0/s1. The molecule has 0 bridgehead atoms. The summed E-state index contributed by atoms with van der Waals surface area (Å²) in [5.41, 5.74) is 0.380. The molecule has 1 heterocycles. The van der Waals surface area contributed by atoms with E-state index in [2.05, 4.69) is 10.6 Å². The number of hydrogen-bond acceptors (Lipinski definition) is 3. The van der Waals surface area contributed by atoms with Gasteiger partial charge in [-0.05, 0) is 36.3 Å². The van der Waals surface area contributed by atoms with Crippen molar-refractivity contribution in [1.29, 1.82) is 0 Å². The minimum absolute atomic E-state index is 0.00597. The summed E-state index contributed by atoms with van der Waals surface area (Å²) in [6.07, 6.45) is 1.11. The quantitative estimate of drug-likeness (QED) is 0.794. The summed E-state index contributed by atoms with van der Waals surface area (Å²) in [6, 6.07) is 3.96. The first-order valence-electron chi connectivity index (χ1n) is 6.81. The zero-order valence-corrected chi connectivity index (χ0v) is 13.0. The van der Waals surface area contributed by atoms with Gasteiger partial charge in [0.25, 0.3) is 0 Å². The second-order valence-electron chi connectivity index (χ2n) is 4.96. The number of urea groups is 1. The summed E-state index contributed by atoms with van der Waals surface area (Å²) in [6.45, 7) is 0.0206. The second kappa shape index (κ2) is 7.87. The Morgan fingerprint density at radius 3 is 3.05 bits per heavy atom. The average molecular weight is 333 g/mol. The molecule has 0 unspecified atom stereocenters. The van der Waals surface area contributed by atoms with E-state index in [1.165, 1.54) is 18.2 Å². The molecule has 21 heavy (non-hydrogen) atoms. The van der Waals surface area contributed by atoms with E-state index in [4.69, 9.17) is 11.6 Å². The molecule has 0 aromatic heterocycles. The number of carbonyl (C=O) groups excluding carboxylic acids is 1. The molecule has 116 valence electrons. The van der Waals surface area contributed by atoms with Gasteiger partial charge in [0, 0.05) is 18.3 Å². The van der Waals surface area contributed by atoms with E-state index in [1.54, 1.807) is 0 Å². The molecule has 0 radical (unpaired) electrons. The summed E-state index contributed by atoms with van der Waals surface area (Å²) in [7, 11) is 0. The smallest absolute Gasteiger partial charge is 0.315 e. The third-order valence-electron chi connectivity index (χ3n) is 3.28. The van der Waals surface area contributed by atoms with Gasteiger partial charge in [-0.15, -0.1) is 0 Å². The van der Waals surface area contributed by atoms with Crippen LogP contribution in [0.15, 0.2) is 18.2 Å². The van der Waals surface area contributed by atoms with Crippen molar-refractivity contribution in [3.63, 3.8) is 0 Å². The Morgan fingerprint density at radius 1 is 1.57 bits per heavy atom. The summed E-state index contributed by atoms with van der Waals surface area (Å²) in [5, 5.41) is 15.4. The van der Waals surface area contributed by atoms with Crippen molar-refractivity contribution in [3.8, 4) is 0 Å². The van der Waals surface area contributed by atoms with E-state index >= 15 is 0 Å². The minimum Gasteiger partial charge on any atom is -0.387 e.